The quantitative estimate of drug-likeness (QED) is 0.698. The van der Waals surface area contributed by atoms with Gasteiger partial charge in [0.2, 0.25) is 0 Å². The maximum absolute atomic E-state index is 12.8. The first-order valence-corrected chi connectivity index (χ1v) is 4.90. The van der Waals surface area contributed by atoms with Crippen LogP contribution in [0.2, 0.25) is 0 Å². The highest BCUT2D eigenvalue weighted by molar-refractivity contribution is 5.99. The summed E-state index contributed by atoms with van der Waals surface area (Å²) in [6, 6.07) is 6.40. The van der Waals surface area contributed by atoms with Crippen molar-refractivity contribution in [1.82, 2.24) is 9.91 Å². The summed E-state index contributed by atoms with van der Waals surface area (Å²) in [4.78, 5) is 2.06. The topological polar surface area (TPSA) is 18.8 Å². The third kappa shape index (κ3) is 1.67. The molecule has 1 aliphatic rings. The maximum atomic E-state index is 12.8. The van der Waals surface area contributed by atoms with Crippen LogP contribution in [0, 0.1) is 5.82 Å². The molecule has 0 amide bonds. The first kappa shape index (κ1) is 9.96. The Kier molecular flexibility index (Phi) is 2.34. The van der Waals surface area contributed by atoms with Crippen LogP contribution in [0.1, 0.15) is 12.5 Å². The van der Waals surface area contributed by atoms with Crippen molar-refractivity contribution in [2.24, 2.45) is 5.10 Å². The number of nitrogens with zero attached hydrogens (tertiary/aromatic N) is 3. The van der Waals surface area contributed by atoms with Crippen molar-refractivity contribution >= 4 is 5.84 Å². The molecule has 4 heteroatoms. The summed E-state index contributed by atoms with van der Waals surface area (Å²) < 4.78 is 12.8. The number of benzene rings is 1. The second kappa shape index (κ2) is 3.53. The normalized spacial score (nSPS) is 20.8. The number of hydrogen-bond acceptors (Lipinski definition) is 3. The van der Waals surface area contributed by atoms with Gasteiger partial charge in [0.05, 0.1) is 0 Å². The molecule has 1 aromatic carbocycles. The summed E-state index contributed by atoms with van der Waals surface area (Å²) in [5, 5.41) is 6.29. The van der Waals surface area contributed by atoms with Gasteiger partial charge in [0, 0.05) is 19.7 Å². The van der Waals surface area contributed by atoms with Gasteiger partial charge in [-0.25, -0.2) is 4.39 Å². The molecule has 0 N–H and O–H groups in total. The van der Waals surface area contributed by atoms with Gasteiger partial charge in [-0.2, -0.15) is 5.10 Å². The number of rotatable bonds is 1. The van der Waals surface area contributed by atoms with Gasteiger partial charge in [-0.1, -0.05) is 0 Å². The van der Waals surface area contributed by atoms with E-state index in [1.807, 2.05) is 19.1 Å². The minimum atomic E-state index is -0.221. The molecule has 1 atom stereocenters. The van der Waals surface area contributed by atoms with Crippen LogP contribution < -0.4 is 0 Å². The average molecular weight is 207 g/mol. The zero-order valence-electron chi connectivity index (χ0n) is 9.11. The molecule has 2 rings (SSSR count). The van der Waals surface area contributed by atoms with Gasteiger partial charge in [0.25, 0.3) is 0 Å². The molecule has 1 aromatic rings. The zero-order valence-corrected chi connectivity index (χ0v) is 9.11. The van der Waals surface area contributed by atoms with Gasteiger partial charge in [-0.05, 0) is 31.2 Å². The molecule has 0 aliphatic carbocycles. The minimum Gasteiger partial charge on any atom is -0.336 e. The first-order valence-electron chi connectivity index (χ1n) is 4.90. The van der Waals surface area contributed by atoms with Gasteiger partial charge >= 0.3 is 0 Å². The van der Waals surface area contributed by atoms with E-state index in [9.17, 15) is 4.39 Å². The molecule has 0 saturated carbocycles. The van der Waals surface area contributed by atoms with E-state index in [-0.39, 0.29) is 12.0 Å². The van der Waals surface area contributed by atoms with Crippen LogP contribution in [0.25, 0.3) is 0 Å². The molecule has 15 heavy (non-hydrogen) atoms. The second-order valence-electron chi connectivity index (χ2n) is 3.75. The maximum Gasteiger partial charge on any atom is 0.157 e. The lowest BCUT2D eigenvalue weighted by Crippen LogP contribution is -2.35. The molecule has 0 bridgehead atoms. The van der Waals surface area contributed by atoms with E-state index in [0.717, 1.165) is 11.4 Å². The van der Waals surface area contributed by atoms with Crippen molar-refractivity contribution in [2.75, 3.05) is 14.1 Å². The predicted molar refractivity (Wildman–Crippen MR) is 57.9 cm³/mol. The number of halogens is 1. The molecular weight excluding hydrogens is 193 g/mol. The molecule has 1 heterocycles. The van der Waals surface area contributed by atoms with Crippen molar-refractivity contribution in [3.05, 3.63) is 35.6 Å². The van der Waals surface area contributed by atoms with Crippen LogP contribution in [0.3, 0.4) is 0 Å². The van der Waals surface area contributed by atoms with E-state index < -0.39 is 0 Å². The Hall–Kier alpha value is -1.58. The third-order valence-corrected chi connectivity index (χ3v) is 2.79. The molecule has 1 aliphatic heterocycles. The fourth-order valence-electron chi connectivity index (χ4n) is 1.59. The van der Waals surface area contributed by atoms with Crippen LogP contribution in [0.15, 0.2) is 29.4 Å². The Labute approximate surface area is 88.8 Å². The molecule has 3 nitrogen and oxygen atoms in total. The van der Waals surface area contributed by atoms with E-state index in [2.05, 4.69) is 16.9 Å². The van der Waals surface area contributed by atoms with Crippen molar-refractivity contribution in [3.8, 4) is 0 Å². The molecule has 0 spiro atoms. The molecule has 1 unspecified atom stereocenters. The predicted octanol–water partition coefficient (Wildman–Crippen LogP) is 1.71. The Morgan fingerprint density at radius 3 is 2.27 bits per heavy atom. The SMILES string of the molecule is CC1N(C)N=C(c2ccc(F)cc2)N1C. The van der Waals surface area contributed by atoms with Crippen LogP contribution >= 0.6 is 0 Å². The van der Waals surface area contributed by atoms with E-state index >= 15 is 0 Å². The zero-order chi connectivity index (χ0) is 11.0. The Balaban J connectivity index is 2.32. The van der Waals surface area contributed by atoms with E-state index in [1.165, 1.54) is 12.1 Å². The molecule has 0 saturated heterocycles. The number of hydrogen-bond donors (Lipinski definition) is 0. The summed E-state index contributed by atoms with van der Waals surface area (Å²) in [5.74, 6) is 0.659. The molecule has 80 valence electrons. The smallest absolute Gasteiger partial charge is 0.157 e. The largest absolute Gasteiger partial charge is 0.336 e. The van der Waals surface area contributed by atoms with Crippen molar-refractivity contribution < 1.29 is 4.39 Å². The minimum absolute atomic E-state index is 0.221. The van der Waals surface area contributed by atoms with Crippen molar-refractivity contribution in [1.29, 1.82) is 0 Å². The number of amidine groups is 1. The standard InChI is InChI=1S/C11H14FN3/c1-8-14(2)11(13-15(8)3)9-4-6-10(12)7-5-9/h4-8H,1-3H3. The monoisotopic (exact) mass is 207 g/mol. The van der Waals surface area contributed by atoms with Gasteiger partial charge in [0.1, 0.15) is 12.0 Å². The number of hydrazone groups is 1. The van der Waals surface area contributed by atoms with Crippen molar-refractivity contribution in [3.63, 3.8) is 0 Å². The van der Waals surface area contributed by atoms with Gasteiger partial charge in [0.15, 0.2) is 5.84 Å². The summed E-state index contributed by atoms with van der Waals surface area (Å²) in [6.45, 7) is 2.07. The molecule has 0 fully saturated rings. The molecule has 0 aromatic heterocycles. The van der Waals surface area contributed by atoms with E-state index in [1.54, 1.807) is 12.1 Å². The van der Waals surface area contributed by atoms with Crippen LogP contribution in [-0.2, 0) is 0 Å². The summed E-state index contributed by atoms with van der Waals surface area (Å²) >= 11 is 0. The second-order valence-corrected chi connectivity index (χ2v) is 3.75. The highest BCUT2D eigenvalue weighted by atomic mass is 19.1. The Bertz CT molecular complexity index is 385. The summed E-state index contributed by atoms with van der Waals surface area (Å²) in [7, 11) is 3.91. The lowest BCUT2D eigenvalue weighted by atomic mass is 10.2. The Morgan fingerprint density at radius 1 is 1.20 bits per heavy atom. The van der Waals surface area contributed by atoms with Gasteiger partial charge < -0.3 is 4.90 Å². The lowest BCUT2D eigenvalue weighted by molar-refractivity contribution is 0.199. The van der Waals surface area contributed by atoms with Crippen LogP contribution in [-0.4, -0.2) is 36.0 Å². The fourth-order valence-corrected chi connectivity index (χ4v) is 1.59. The third-order valence-electron chi connectivity index (χ3n) is 2.79. The summed E-state index contributed by atoms with van der Waals surface area (Å²) in [5.41, 5.74) is 0.940. The van der Waals surface area contributed by atoms with Gasteiger partial charge in [-0.3, -0.25) is 5.01 Å². The lowest BCUT2D eigenvalue weighted by Gasteiger charge is -2.22. The average Bonchev–Trinajstić information content (AvgIpc) is 2.47. The molecular formula is C11H14FN3. The van der Waals surface area contributed by atoms with E-state index in [4.69, 9.17) is 0 Å². The molecule has 0 radical (unpaired) electrons. The fraction of sp³-hybridized carbons (Fsp3) is 0.364. The highest BCUT2D eigenvalue weighted by Crippen LogP contribution is 2.17. The van der Waals surface area contributed by atoms with E-state index in [0.29, 0.717) is 0 Å². The van der Waals surface area contributed by atoms with Crippen LogP contribution in [0.4, 0.5) is 4.39 Å². The van der Waals surface area contributed by atoms with Crippen LogP contribution in [0.5, 0.6) is 0 Å². The Morgan fingerprint density at radius 2 is 1.80 bits per heavy atom. The highest BCUT2D eigenvalue weighted by Gasteiger charge is 2.25. The van der Waals surface area contributed by atoms with Crippen molar-refractivity contribution in [2.45, 2.75) is 13.1 Å². The van der Waals surface area contributed by atoms with Gasteiger partial charge in [-0.15, -0.1) is 0 Å². The summed E-state index contributed by atoms with van der Waals surface area (Å²) in [6.07, 6.45) is 0.241. The first-order chi connectivity index (χ1) is 7.09.